The smallest absolute Gasteiger partial charge is 0.230 e. The van der Waals surface area contributed by atoms with Crippen LogP contribution in [-0.2, 0) is 20.9 Å². The van der Waals surface area contributed by atoms with Crippen LogP contribution in [0.15, 0.2) is 29.4 Å². The van der Waals surface area contributed by atoms with Gasteiger partial charge in [0, 0.05) is 38.1 Å². The Morgan fingerprint density at radius 2 is 2.34 bits per heavy atom. The Morgan fingerprint density at radius 3 is 3.14 bits per heavy atom. The van der Waals surface area contributed by atoms with Crippen LogP contribution in [0.2, 0.25) is 5.02 Å². The molecule has 0 aliphatic carbocycles. The van der Waals surface area contributed by atoms with Gasteiger partial charge in [-0.15, -0.1) is 11.8 Å². The summed E-state index contributed by atoms with van der Waals surface area (Å²) < 4.78 is 5.69. The van der Waals surface area contributed by atoms with Crippen molar-refractivity contribution >= 4 is 52.1 Å². The van der Waals surface area contributed by atoms with Crippen LogP contribution in [-0.4, -0.2) is 64.7 Å². The lowest BCUT2D eigenvalue weighted by Gasteiger charge is -2.33. The highest BCUT2D eigenvalue weighted by Gasteiger charge is 2.23. The first kappa shape index (κ1) is 22.2. The average Bonchev–Trinajstić information content (AvgIpc) is 3.12. The third-order valence-corrected chi connectivity index (χ3v) is 6.69. The molecule has 2 amide bonds. The van der Waals surface area contributed by atoms with Gasteiger partial charge in [-0.2, -0.15) is 5.10 Å². The first-order valence-electron chi connectivity index (χ1n) is 9.22. The van der Waals surface area contributed by atoms with Crippen molar-refractivity contribution < 1.29 is 14.3 Å². The third kappa shape index (κ3) is 7.71. The molecule has 2 atom stereocenters. The predicted molar refractivity (Wildman–Crippen MR) is 118 cm³/mol. The molecule has 1 aromatic carbocycles. The molecule has 0 bridgehead atoms. The van der Waals surface area contributed by atoms with E-state index >= 15 is 0 Å². The van der Waals surface area contributed by atoms with Gasteiger partial charge < -0.3 is 15.4 Å². The van der Waals surface area contributed by atoms with E-state index < -0.39 is 0 Å². The summed E-state index contributed by atoms with van der Waals surface area (Å²) in [6.45, 7) is 4.97. The number of rotatable bonds is 7. The topological polar surface area (TPSA) is 95.1 Å². The van der Waals surface area contributed by atoms with Gasteiger partial charge in [0.05, 0.1) is 18.5 Å². The first-order valence-corrected chi connectivity index (χ1v) is 11.5. The maximum absolute atomic E-state index is 12.2. The Labute approximate surface area is 183 Å². The van der Waals surface area contributed by atoms with E-state index in [4.69, 9.17) is 16.3 Å². The molecule has 0 aromatic heterocycles. The minimum absolute atomic E-state index is 0.0365. The predicted octanol–water partition coefficient (Wildman–Crippen LogP) is 1.42. The van der Waals surface area contributed by atoms with E-state index in [0.717, 1.165) is 24.7 Å². The summed E-state index contributed by atoms with van der Waals surface area (Å²) in [7, 11) is 0. The molecule has 3 rings (SSSR count). The summed E-state index contributed by atoms with van der Waals surface area (Å²) in [6.07, 6.45) is -0.0365. The lowest BCUT2D eigenvalue weighted by atomic mass is 10.2. The van der Waals surface area contributed by atoms with Crippen molar-refractivity contribution in [3.8, 4) is 0 Å². The standard InChI is InChI=1S/C18H24ClN5O3S2/c1-12(25)21-17-22-23-18(29-17)28-11-16(26)20-8-15-10-24(5-6-27-15)9-13-3-2-4-14(19)7-13/h2-4,7,15,18,23H,5-6,8-11H2,1H3,(H,20,26)(H,21,22,25)/t15-,18?/m0/s1. The van der Waals surface area contributed by atoms with Gasteiger partial charge in [-0.05, 0) is 29.5 Å². The lowest BCUT2D eigenvalue weighted by Crippen LogP contribution is -2.47. The molecule has 0 radical (unpaired) electrons. The molecule has 2 aliphatic heterocycles. The monoisotopic (exact) mass is 457 g/mol. The fourth-order valence-corrected chi connectivity index (χ4v) is 5.03. The molecule has 0 saturated carbocycles. The summed E-state index contributed by atoms with van der Waals surface area (Å²) in [4.78, 5) is 25.5. The van der Waals surface area contributed by atoms with Crippen molar-refractivity contribution in [2.45, 2.75) is 24.3 Å². The number of nitrogens with one attached hydrogen (secondary N) is 3. The number of hydrazone groups is 1. The number of carbonyl (C=O) groups excluding carboxylic acids is 2. The molecule has 0 spiro atoms. The Balaban J connectivity index is 1.33. The molecule has 2 aliphatic rings. The molecular weight excluding hydrogens is 434 g/mol. The van der Waals surface area contributed by atoms with Crippen molar-refractivity contribution in [1.82, 2.24) is 21.0 Å². The molecule has 11 heteroatoms. The van der Waals surface area contributed by atoms with Gasteiger partial charge in [0.1, 0.15) is 4.71 Å². The van der Waals surface area contributed by atoms with E-state index in [9.17, 15) is 9.59 Å². The number of carbonyl (C=O) groups is 2. The summed E-state index contributed by atoms with van der Waals surface area (Å²) in [5.74, 6) is 0.0752. The summed E-state index contributed by atoms with van der Waals surface area (Å²) in [6, 6.07) is 7.86. The second-order valence-electron chi connectivity index (χ2n) is 6.65. The number of hydrogen-bond acceptors (Lipinski definition) is 8. The number of amidine groups is 1. The molecule has 1 saturated heterocycles. The lowest BCUT2D eigenvalue weighted by molar-refractivity contribution is -0.120. The average molecular weight is 458 g/mol. The fraction of sp³-hybridized carbons (Fsp3) is 0.500. The minimum atomic E-state index is -0.168. The highest BCUT2D eigenvalue weighted by molar-refractivity contribution is 8.25. The number of hydrogen-bond donors (Lipinski definition) is 3. The van der Waals surface area contributed by atoms with Gasteiger partial charge in [-0.3, -0.25) is 19.9 Å². The van der Waals surface area contributed by atoms with Gasteiger partial charge in [-0.1, -0.05) is 23.7 Å². The van der Waals surface area contributed by atoms with Crippen LogP contribution in [0.1, 0.15) is 12.5 Å². The summed E-state index contributed by atoms with van der Waals surface area (Å²) >= 11 is 8.86. The molecule has 158 valence electrons. The van der Waals surface area contributed by atoms with Crippen molar-refractivity contribution in [3.63, 3.8) is 0 Å². The number of ether oxygens (including phenoxy) is 1. The van der Waals surface area contributed by atoms with E-state index in [2.05, 4.69) is 32.1 Å². The van der Waals surface area contributed by atoms with Crippen LogP contribution in [0.5, 0.6) is 0 Å². The Bertz CT molecular complexity index is 767. The zero-order chi connectivity index (χ0) is 20.6. The third-order valence-electron chi connectivity index (χ3n) is 4.18. The molecule has 8 nitrogen and oxygen atoms in total. The number of benzene rings is 1. The van der Waals surface area contributed by atoms with Crippen molar-refractivity contribution in [3.05, 3.63) is 34.9 Å². The summed E-state index contributed by atoms with van der Waals surface area (Å²) in [5, 5.41) is 10.8. The van der Waals surface area contributed by atoms with Crippen LogP contribution >= 0.6 is 35.1 Å². The molecular formula is C18H24ClN5O3S2. The maximum atomic E-state index is 12.2. The number of thioether (sulfide) groups is 2. The highest BCUT2D eigenvalue weighted by Crippen LogP contribution is 2.25. The molecule has 1 unspecified atom stereocenters. The quantitative estimate of drug-likeness (QED) is 0.570. The molecule has 3 N–H and O–H groups in total. The molecule has 1 fully saturated rings. The second-order valence-corrected chi connectivity index (χ2v) is 9.57. The zero-order valence-electron chi connectivity index (χ0n) is 16.0. The van der Waals surface area contributed by atoms with Gasteiger partial charge in [0.2, 0.25) is 11.8 Å². The molecule has 1 aromatic rings. The van der Waals surface area contributed by atoms with Gasteiger partial charge >= 0.3 is 0 Å². The van der Waals surface area contributed by atoms with Crippen LogP contribution in [0.4, 0.5) is 0 Å². The van der Waals surface area contributed by atoms with Gasteiger partial charge in [0.15, 0.2) is 5.17 Å². The van der Waals surface area contributed by atoms with Crippen LogP contribution < -0.4 is 16.1 Å². The largest absolute Gasteiger partial charge is 0.374 e. The van der Waals surface area contributed by atoms with Crippen LogP contribution in [0, 0.1) is 0 Å². The Morgan fingerprint density at radius 1 is 1.48 bits per heavy atom. The first-order chi connectivity index (χ1) is 14.0. The van der Waals surface area contributed by atoms with Crippen molar-refractivity contribution in [2.75, 3.05) is 32.0 Å². The Hall–Kier alpha value is -1.46. The Kier molecular flexibility index (Phi) is 8.49. The van der Waals surface area contributed by atoms with Gasteiger partial charge in [0.25, 0.3) is 0 Å². The maximum Gasteiger partial charge on any atom is 0.230 e. The minimum Gasteiger partial charge on any atom is -0.374 e. The highest BCUT2D eigenvalue weighted by atomic mass is 35.5. The van der Waals surface area contributed by atoms with Crippen molar-refractivity contribution in [2.24, 2.45) is 5.10 Å². The normalized spacial score (nSPS) is 21.9. The number of halogens is 1. The molecule has 2 heterocycles. The number of nitrogens with zero attached hydrogens (tertiary/aromatic N) is 2. The zero-order valence-corrected chi connectivity index (χ0v) is 18.4. The number of morpholine rings is 1. The molecule has 29 heavy (non-hydrogen) atoms. The van der Waals surface area contributed by atoms with Crippen LogP contribution in [0.25, 0.3) is 0 Å². The fourth-order valence-electron chi connectivity index (χ4n) is 2.92. The number of amides is 2. The van der Waals surface area contributed by atoms with E-state index in [1.165, 1.54) is 36.0 Å². The van der Waals surface area contributed by atoms with E-state index in [1.807, 2.05) is 18.2 Å². The van der Waals surface area contributed by atoms with Gasteiger partial charge in [-0.25, -0.2) is 0 Å². The second kappa shape index (κ2) is 11.1. The summed E-state index contributed by atoms with van der Waals surface area (Å²) in [5.41, 5.74) is 4.05. The van der Waals surface area contributed by atoms with E-state index in [1.54, 1.807) is 0 Å². The van der Waals surface area contributed by atoms with Crippen LogP contribution in [0.3, 0.4) is 0 Å². The van der Waals surface area contributed by atoms with Crippen molar-refractivity contribution in [1.29, 1.82) is 0 Å². The SMILES string of the molecule is CC(=O)NC1=NNC(SCC(=O)NC[C@H]2CN(Cc3cccc(Cl)c3)CCO2)S1. The van der Waals surface area contributed by atoms with E-state index in [-0.39, 0.29) is 22.6 Å². The van der Waals surface area contributed by atoms with E-state index in [0.29, 0.717) is 24.1 Å².